The first-order chi connectivity index (χ1) is 10.6. The first kappa shape index (κ1) is 14.4. The Morgan fingerprint density at radius 1 is 1.14 bits per heavy atom. The van der Waals surface area contributed by atoms with Crippen LogP contribution in [0.3, 0.4) is 0 Å². The molecule has 0 aliphatic carbocycles. The van der Waals surface area contributed by atoms with Gasteiger partial charge in [-0.25, -0.2) is 4.79 Å². The van der Waals surface area contributed by atoms with Gasteiger partial charge >= 0.3 is 5.76 Å². The Kier molecular flexibility index (Phi) is 3.98. The van der Waals surface area contributed by atoms with Crippen LogP contribution in [0.1, 0.15) is 11.1 Å². The van der Waals surface area contributed by atoms with Gasteiger partial charge in [-0.1, -0.05) is 29.8 Å². The molecule has 0 fully saturated rings. The number of benzene rings is 2. The van der Waals surface area contributed by atoms with Gasteiger partial charge in [0.25, 0.3) is 0 Å². The molecule has 22 heavy (non-hydrogen) atoms. The minimum atomic E-state index is -0.487. The SMILES string of the molecule is O=C(Cc1ccc(Cl)cc1)NCc1ccc2[nH]c(=O)oc2c1. The van der Waals surface area contributed by atoms with Crippen molar-refractivity contribution >= 4 is 28.6 Å². The number of fused-ring (bicyclic) bond motifs is 1. The first-order valence-corrected chi connectivity index (χ1v) is 7.11. The van der Waals surface area contributed by atoms with Crippen LogP contribution in [0.15, 0.2) is 51.7 Å². The average molecular weight is 317 g/mol. The summed E-state index contributed by atoms with van der Waals surface area (Å²) in [4.78, 5) is 25.6. The molecule has 1 aromatic heterocycles. The lowest BCUT2D eigenvalue weighted by Gasteiger charge is -2.05. The Hall–Kier alpha value is -2.53. The van der Waals surface area contributed by atoms with Crippen molar-refractivity contribution in [2.45, 2.75) is 13.0 Å². The molecule has 112 valence electrons. The summed E-state index contributed by atoms with van der Waals surface area (Å²) in [6, 6.07) is 12.5. The number of nitrogens with one attached hydrogen (secondary N) is 2. The molecule has 0 aliphatic rings. The van der Waals surface area contributed by atoms with Gasteiger partial charge in [-0.15, -0.1) is 0 Å². The van der Waals surface area contributed by atoms with E-state index in [1.165, 1.54) is 0 Å². The lowest BCUT2D eigenvalue weighted by Crippen LogP contribution is -2.24. The molecule has 3 aromatic rings. The molecule has 0 radical (unpaired) electrons. The van der Waals surface area contributed by atoms with Crippen LogP contribution < -0.4 is 11.1 Å². The second-order valence-corrected chi connectivity index (χ2v) is 5.36. The maximum Gasteiger partial charge on any atom is 0.417 e. The summed E-state index contributed by atoms with van der Waals surface area (Å²) >= 11 is 5.80. The summed E-state index contributed by atoms with van der Waals surface area (Å²) in [7, 11) is 0. The lowest BCUT2D eigenvalue weighted by atomic mass is 10.1. The zero-order valence-electron chi connectivity index (χ0n) is 11.6. The highest BCUT2D eigenvalue weighted by atomic mass is 35.5. The molecule has 0 aliphatic heterocycles. The molecule has 0 unspecified atom stereocenters. The van der Waals surface area contributed by atoms with E-state index in [0.29, 0.717) is 29.1 Å². The number of H-pyrrole nitrogens is 1. The largest absolute Gasteiger partial charge is 0.417 e. The van der Waals surface area contributed by atoms with Crippen LogP contribution in [0.2, 0.25) is 5.02 Å². The topological polar surface area (TPSA) is 75.1 Å². The first-order valence-electron chi connectivity index (χ1n) is 6.73. The van der Waals surface area contributed by atoms with Crippen LogP contribution in [-0.4, -0.2) is 10.9 Å². The lowest BCUT2D eigenvalue weighted by molar-refractivity contribution is -0.120. The minimum absolute atomic E-state index is 0.0852. The molecule has 2 aromatic carbocycles. The van der Waals surface area contributed by atoms with E-state index in [9.17, 15) is 9.59 Å². The molecule has 6 heteroatoms. The molecule has 3 rings (SSSR count). The maximum absolute atomic E-state index is 11.9. The number of hydrogen-bond acceptors (Lipinski definition) is 3. The summed E-state index contributed by atoms with van der Waals surface area (Å²) in [5, 5.41) is 3.48. The van der Waals surface area contributed by atoms with E-state index in [4.69, 9.17) is 16.0 Å². The van der Waals surface area contributed by atoms with E-state index in [0.717, 1.165) is 11.1 Å². The fraction of sp³-hybridized carbons (Fsp3) is 0.125. The average Bonchev–Trinajstić information content (AvgIpc) is 2.87. The van der Waals surface area contributed by atoms with Crippen molar-refractivity contribution in [2.75, 3.05) is 0 Å². The summed E-state index contributed by atoms with van der Waals surface area (Å²) in [6.45, 7) is 0.372. The van der Waals surface area contributed by atoms with Gasteiger partial charge in [0, 0.05) is 11.6 Å². The Morgan fingerprint density at radius 3 is 2.64 bits per heavy atom. The Labute approximate surface area is 130 Å². The number of rotatable bonds is 4. The van der Waals surface area contributed by atoms with E-state index in [1.54, 1.807) is 24.3 Å². The van der Waals surface area contributed by atoms with Crippen molar-refractivity contribution in [3.63, 3.8) is 0 Å². The van der Waals surface area contributed by atoms with Crippen LogP contribution in [0.25, 0.3) is 11.1 Å². The third kappa shape index (κ3) is 3.38. The second-order valence-electron chi connectivity index (χ2n) is 4.93. The fourth-order valence-electron chi connectivity index (χ4n) is 2.15. The Morgan fingerprint density at radius 2 is 1.86 bits per heavy atom. The predicted octanol–water partition coefficient (Wildman–Crippen LogP) is 2.63. The molecule has 0 spiro atoms. The van der Waals surface area contributed by atoms with Gasteiger partial charge in [0.1, 0.15) is 0 Å². The third-order valence-corrected chi connectivity index (χ3v) is 3.51. The van der Waals surface area contributed by atoms with Gasteiger partial charge in [0.05, 0.1) is 11.9 Å². The molecule has 2 N–H and O–H groups in total. The summed E-state index contributed by atoms with van der Waals surface area (Å²) < 4.78 is 4.99. The second kappa shape index (κ2) is 6.07. The van der Waals surface area contributed by atoms with Crippen molar-refractivity contribution in [3.05, 3.63) is 69.2 Å². The van der Waals surface area contributed by atoms with Crippen LogP contribution >= 0.6 is 11.6 Å². The van der Waals surface area contributed by atoms with Gasteiger partial charge in [-0.2, -0.15) is 0 Å². The maximum atomic E-state index is 11.9. The normalized spacial score (nSPS) is 10.8. The molecule has 0 atom stereocenters. The monoisotopic (exact) mass is 316 g/mol. The third-order valence-electron chi connectivity index (χ3n) is 3.25. The Balaban J connectivity index is 1.61. The molecule has 1 amide bonds. The molecule has 5 nitrogen and oxygen atoms in total. The molecule has 1 heterocycles. The summed E-state index contributed by atoms with van der Waals surface area (Å²) in [5.41, 5.74) is 2.88. The highest BCUT2D eigenvalue weighted by molar-refractivity contribution is 6.30. The van der Waals surface area contributed by atoms with Crippen LogP contribution in [-0.2, 0) is 17.8 Å². The highest BCUT2D eigenvalue weighted by Gasteiger charge is 2.05. The van der Waals surface area contributed by atoms with Crippen molar-refractivity contribution in [3.8, 4) is 0 Å². The number of carbonyl (C=O) groups is 1. The van der Waals surface area contributed by atoms with E-state index in [2.05, 4.69) is 10.3 Å². The van der Waals surface area contributed by atoms with Gasteiger partial charge < -0.3 is 9.73 Å². The molecule has 0 bridgehead atoms. The highest BCUT2D eigenvalue weighted by Crippen LogP contribution is 2.12. The van der Waals surface area contributed by atoms with Crippen molar-refractivity contribution in [2.24, 2.45) is 0 Å². The van der Waals surface area contributed by atoms with E-state index >= 15 is 0 Å². The number of aromatic amines is 1. The summed E-state index contributed by atoms with van der Waals surface area (Å²) in [6.07, 6.45) is 0.290. The number of carbonyl (C=O) groups excluding carboxylic acids is 1. The number of halogens is 1. The van der Waals surface area contributed by atoms with Crippen LogP contribution in [0.4, 0.5) is 0 Å². The molecule has 0 saturated heterocycles. The number of amides is 1. The predicted molar refractivity (Wildman–Crippen MR) is 83.8 cm³/mol. The van der Waals surface area contributed by atoms with E-state index in [-0.39, 0.29) is 5.91 Å². The zero-order valence-corrected chi connectivity index (χ0v) is 12.3. The minimum Gasteiger partial charge on any atom is -0.408 e. The van der Waals surface area contributed by atoms with E-state index < -0.39 is 5.76 Å². The van der Waals surface area contributed by atoms with Crippen molar-refractivity contribution < 1.29 is 9.21 Å². The van der Waals surface area contributed by atoms with Gasteiger partial charge in [0.15, 0.2) is 5.58 Å². The van der Waals surface area contributed by atoms with Crippen molar-refractivity contribution in [1.29, 1.82) is 0 Å². The van der Waals surface area contributed by atoms with Gasteiger partial charge in [-0.05, 0) is 35.4 Å². The zero-order chi connectivity index (χ0) is 15.5. The standard InChI is InChI=1S/C16H13ClN2O3/c17-12-4-1-10(2-5-12)8-15(20)18-9-11-3-6-13-14(7-11)22-16(21)19-13/h1-7H,8-9H2,(H,18,20)(H,19,21). The quantitative estimate of drug-likeness (QED) is 0.777. The van der Waals surface area contributed by atoms with Crippen LogP contribution in [0, 0.1) is 0 Å². The van der Waals surface area contributed by atoms with Gasteiger partial charge in [-0.3, -0.25) is 9.78 Å². The fourth-order valence-corrected chi connectivity index (χ4v) is 2.28. The smallest absolute Gasteiger partial charge is 0.408 e. The molecule has 0 saturated carbocycles. The summed E-state index contributed by atoms with van der Waals surface area (Å²) in [5.74, 6) is -0.572. The van der Waals surface area contributed by atoms with Gasteiger partial charge in [0.2, 0.25) is 5.91 Å². The number of oxazole rings is 1. The number of hydrogen-bond donors (Lipinski definition) is 2. The molecular weight excluding hydrogens is 304 g/mol. The van der Waals surface area contributed by atoms with Crippen molar-refractivity contribution in [1.82, 2.24) is 10.3 Å². The van der Waals surface area contributed by atoms with E-state index in [1.807, 2.05) is 18.2 Å². The number of aromatic nitrogens is 1. The van der Waals surface area contributed by atoms with Crippen LogP contribution in [0.5, 0.6) is 0 Å². The Bertz CT molecular complexity index is 865. The molecular formula is C16H13ClN2O3.